The lowest BCUT2D eigenvalue weighted by Crippen LogP contribution is -2.28. The van der Waals surface area contributed by atoms with Crippen LogP contribution in [0.25, 0.3) is 0 Å². The number of ether oxygens (including phenoxy) is 1. The molecule has 0 aromatic heterocycles. The van der Waals surface area contributed by atoms with Crippen LogP contribution in [0.2, 0.25) is 5.02 Å². The molecule has 0 aliphatic rings. The normalized spacial score (nSPS) is 12.1. The lowest BCUT2D eigenvalue weighted by Gasteiger charge is -2.12. The van der Waals surface area contributed by atoms with E-state index in [4.69, 9.17) is 16.3 Å². The van der Waals surface area contributed by atoms with Crippen molar-refractivity contribution in [1.29, 1.82) is 0 Å². The summed E-state index contributed by atoms with van der Waals surface area (Å²) in [6.07, 6.45) is 0. The Balaban J connectivity index is 2.89. The highest BCUT2D eigenvalue weighted by atomic mass is 35.5. The van der Waals surface area contributed by atoms with Crippen LogP contribution < -0.4 is 10.0 Å². The van der Waals surface area contributed by atoms with Crippen molar-refractivity contribution in [3.63, 3.8) is 0 Å². The van der Waals surface area contributed by atoms with Crippen LogP contribution in [0.4, 0.5) is 0 Å². The first-order valence-electron chi connectivity index (χ1n) is 6.37. The summed E-state index contributed by atoms with van der Waals surface area (Å²) < 4.78 is 31.6. The van der Waals surface area contributed by atoms with Crippen LogP contribution in [0, 0.1) is 0 Å². The average molecular weight is 321 g/mol. The second-order valence-electron chi connectivity index (χ2n) is 4.69. The molecule has 20 heavy (non-hydrogen) atoms. The fourth-order valence-corrected chi connectivity index (χ4v) is 3.10. The third-order valence-corrected chi connectivity index (χ3v) is 4.54. The molecule has 1 rings (SSSR count). The zero-order valence-corrected chi connectivity index (χ0v) is 13.5. The second kappa shape index (κ2) is 7.95. The van der Waals surface area contributed by atoms with Gasteiger partial charge in [-0.3, -0.25) is 0 Å². The Morgan fingerprint density at radius 2 is 2.05 bits per heavy atom. The molecule has 0 atom stereocenters. The first-order valence-corrected chi connectivity index (χ1v) is 8.23. The summed E-state index contributed by atoms with van der Waals surface area (Å²) in [5.41, 5.74) is 0.871. The van der Waals surface area contributed by atoms with Gasteiger partial charge in [0.05, 0.1) is 11.6 Å². The highest BCUT2D eigenvalue weighted by Crippen LogP contribution is 2.22. The molecular formula is C13H21ClN2O3S. The molecule has 1 aromatic carbocycles. The third kappa shape index (κ3) is 5.38. The number of rotatable bonds is 8. The van der Waals surface area contributed by atoms with Gasteiger partial charge in [0.15, 0.2) is 0 Å². The molecule has 0 fully saturated rings. The molecule has 5 nitrogen and oxygen atoms in total. The maximum Gasteiger partial charge on any atom is 0.242 e. The Hall–Kier alpha value is -0.660. The molecule has 0 bridgehead atoms. The topological polar surface area (TPSA) is 67.4 Å². The van der Waals surface area contributed by atoms with Gasteiger partial charge < -0.3 is 10.1 Å². The molecule has 0 saturated heterocycles. The molecule has 0 aliphatic heterocycles. The van der Waals surface area contributed by atoms with Gasteiger partial charge in [-0.15, -0.1) is 0 Å². The number of hydrogen-bond donors (Lipinski definition) is 2. The van der Waals surface area contributed by atoms with Crippen LogP contribution in [0.15, 0.2) is 23.1 Å². The van der Waals surface area contributed by atoms with Crippen molar-refractivity contribution in [2.75, 3.05) is 20.3 Å². The highest BCUT2D eigenvalue weighted by molar-refractivity contribution is 7.89. The largest absolute Gasteiger partial charge is 0.383 e. The highest BCUT2D eigenvalue weighted by Gasteiger charge is 2.17. The molecule has 0 amide bonds. The zero-order valence-electron chi connectivity index (χ0n) is 11.9. The number of methoxy groups -OCH3 is 1. The molecule has 114 valence electrons. The summed E-state index contributed by atoms with van der Waals surface area (Å²) >= 11 is 5.99. The van der Waals surface area contributed by atoms with E-state index in [1.165, 1.54) is 7.11 Å². The molecular weight excluding hydrogens is 300 g/mol. The van der Waals surface area contributed by atoms with Crippen molar-refractivity contribution < 1.29 is 13.2 Å². The minimum Gasteiger partial charge on any atom is -0.383 e. The molecule has 0 aliphatic carbocycles. The van der Waals surface area contributed by atoms with Crippen molar-refractivity contribution in [3.05, 3.63) is 28.8 Å². The van der Waals surface area contributed by atoms with E-state index >= 15 is 0 Å². The quantitative estimate of drug-likeness (QED) is 0.716. The van der Waals surface area contributed by atoms with E-state index in [1.807, 2.05) is 19.9 Å². The molecule has 0 spiro atoms. The Morgan fingerprint density at radius 3 is 2.65 bits per heavy atom. The van der Waals surface area contributed by atoms with Crippen LogP contribution >= 0.6 is 11.6 Å². The van der Waals surface area contributed by atoms with E-state index in [-0.39, 0.29) is 16.5 Å². The predicted octanol–water partition coefficient (Wildman–Crippen LogP) is 1.76. The monoisotopic (exact) mass is 320 g/mol. The smallest absolute Gasteiger partial charge is 0.242 e. The minimum atomic E-state index is -3.61. The van der Waals surface area contributed by atoms with Crippen molar-refractivity contribution in [1.82, 2.24) is 10.0 Å². The van der Waals surface area contributed by atoms with Crippen LogP contribution in [0.5, 0.6) is 0 Å². The number of halogens is 1. The second-order valence-corrected chi connectivity index (χ2v) is 6.83. The van der Waals surface area contributed by atoms with E-state index < -0.39 is 10.0 Å². The molecule has 7 heteroatoms. The van der Waals surface area contributed by atoms with Crippen LogP contribution in [0.1, 0.15) is 19.4 Å². The fourth-order valence-electron chi connectivity index (χ4n) is 1.54. The maximum atomic E-state index is 12.1. The van der Waals surface area contributed by atoms with Crippen molar-refractivity contribution in [2.45, 2.75) is 31.3 Å². The summed E-state index contributed by atoms with van der Waals surface area (Å²) in [4.78, 5) is 0.0957. The molecule has 0 radical (unpaired) electrons. The van der Waals surface area contributed by atoms with Gasteiger partial charge in [-0.05, 0) is 17.7 Å². The summed E-state index contributed by atoms with van der Waals surface area (Å²) in [6, 6.07) is 5.33. The Kier molecular flexibility index (Phi) is 6.91. The van der Waals surface area contributed by atoms with Crippen LogP contribution in [-0.4, -0.2) is 34.7 Å². The van der Waals surface area contributed by atoms with E-state index in [1.54, 1.807) is 12.1 Å². The summed E-state index contributed by atoms with van der Waals surface area (Å²) in [5, 5.41) is 3.45. The maximum absolute atomic E-state index is 12.1. The van der Waals surface area contributed by atoms with E-state index in [0.717, 1.165) is 5.56 Å². The molecule has 0 unspecified atom stereocenters. The van der Waals surface area contributed by atoms with Crippen molar-refractivity contribution in [3.8, 4) is 0 Å². The van der Waals surface area contributed by atoms with E-state index in [2.05, 4.69) is 10.0 Å². The first-order chi connectivity index (χ1) is 9.36. The zero-order chi connectivity index (χ0) is 15.2. The first kappa shape index (κ1) is 17.4. The van der Waals surface area contributed by atoms with Gasteiger partial charge in [-0.25, -0.2) is 13.1 Å². The Labute approximate surface area is 125 Å². The van der Waals surface area contributed by atoms with Gasteiger partial charge in [0, 0.05) is 26.2 Å². The van der Waals surface area contributed by atoms with E-state index in [9.17, 15) is 8.42 Å². The number of nitrogens with one attached hydrogen (secondary N) is 2. The predicted molar refractivity (Wildman–Crippen MR) is 80.5 cm³/mol. The average Bonchev–Trinajstić information content (AvgIpc) is 2.37. The van der Waals surface area contributed by atoms with Crippen molar-refractivity contribution >= 4 is 21.6 Å². The third-order valence-electron chi connectivity index (χ3n) is 2.60. The Bertz CT molecular complexity index is 532. The minimum absolute atomic E-state index is 0.0957. The van der Waals surface area contributed by atoms with E-state index in [0.29, 0.717) is 19.2 Å². The number of sulfonamides is 1. The van der Waals surface area contributed by atoms with Gasteiger partial charge in [-0.2, -0.15) is 0 Å². The molecule has 0 saturated carbocycles. The summed E-state index contributed by atoms with van der Waals surface area (Å²) in [5.74, 6) is 0. The number of hydrogen-bond acceptors (Lipinski definition) is 4. The lowest BCUT2D eigenvalue weighted by molar-refractivity contribution is 0.204. The molecule has 2 N–H and O–H groups in total. The van der Waals surface area contributed by atoms with Gasteiger partial charge >= 0.3 is 0 Å². The molecule has 1 aromatic rings. The SMILES string of the molecule is COCCNS(=O)(=O)c1cc(CNC(C)C)ccc1Cl. The van der Waals surface area contributed by atoms with Crippen LogP contribution in [0.3, 0.4) is 0 Å². The Morgan fingerprint density at radius 1 is 1.35 bits per heavy atom. The standard InChI is InChI=1S/C13H21ClN2O3S/c1-10(2)15-9-11-4-5-12(14)13(8-11)20(17,18)16-6-7-19-3/h4-5,8,10,15-16H,6-7,9H2,1-3H3. The van der Waals surface area contributed by atoms with Gasteiger partial charge in [0.2, 0.25) is 10.0 Å². The summed E-state index contributed by atoms with van der Waals surface area (Å²) in [7, 11) is -2.10. The lowest BCUT2D eigenvalue weighted by atomic mass is 10.2. The summed E-state index contributed by atoms with van der Waals surface area (Å²) in [6.45, 7) is 5.17. The van der Waals surface area contributed by atoms with Gasteiger partial charge in [-0.1, -0.05) is 31.5 Å². The van der Waals surface area contributed by atoms with Gasteiger partial charge in [0.25, 0.3) is 0 Å². The fraction of sp³-hybridized carbons (Fsp3) is 0.538. The van der Waals surface area contributed by atoms with Crippen LogP contribution in [-0.2, 0) is 21.3 Å². The van der Waals surface area contributed by atoms with Crippen molar-refractivity contribution in [2.24, 2.45) is 0 Å². The van der Waals surface area contributed by atoms with Gasteiger partial charge in [0.1, 0.15) is 4.90 Å². The number of benzene rings is 1. The molecule has 0 heterocycles.